The molecule has 1 atom stereocenters. The molecule has 0 aliphatic heterocycles. The second kappa shape index (κ2) is 6.74. The van der Waals surface area contributed by atoms with Gasteiger partial charge in [-0.05, 0) is 50.8 Å². The average Bonchev–Trinajstić information content (AvgIpc) is 3.32. The minimum Gasteiger partial charge on any atom is -0.325 e. The van der Waals surface area contributed by atoms with E-state index < -0.39 is 0 Å². The maximum Gasteiger partial charge on any atom is 0.237 e. The highest BCUT2D eigenvalue weighted by Gasteiger charge is 2.29. The zero-order valence-corrected chi connectivity index (χ0v) is 14.6. The smallest absolute Gasteiger partial charge is 0.237 e. The van der Waals surface area contributed by atoms with Crippen LogP contribution < -0.4 is 5.32 Å². The van der Waals surface area contributed by atoms with Crippen molar-refractivity contribution in [2.24, 2.45) is 0 Å². The maximum absolute atomic E-state index is 12.4. The summed E-state index contributed by atoms with van der Waals surface area (Å²) >= 11 is 1.47. The fraction of sp³-hybridized carbons (Fsp3) is 0.471. The summed E-state index contributed by atoms with van der Waals surface area (Å²) in [5, 5.41) is 12.0. The number of hydrogen-bond donors (Lipinski definition) is 1. The molecule has 1 aromatic heterocycles. The highest BCUT2D eigenvalue weighted by Crippen LogP contribution is 2.39. The molecular weight excluding hydrogens is 308 g/mol. The lowest BCUT2D eigenvalue weighted by atomic mass is 10.1. The molecule has 6 heteroatoms. The van der Waals surface area contributed by atoms with Crippen molar-refractivity contribution in [2.45, 2.75) is 56.5 Å². The Kier molecular flexibility index (Phi) is 4.71. The van der Waals surface area contributed by atoms with Gasteiger partial charge in [-0.3, -0.25) is 4.79 Å². The molecule has 1 N–H and O–H groups in total. The molecule has 0 spiro atoms. The summed E-state index contributed by atoms with van der Waals surface area (Å²) < 4.78 is 2.16. The Labute approximate surface area is 140 Å². The lowest BCUT2D eigenvalue weighted by Gasteiger charge is -2.13. The van der Waals surface area contributed by atoms with Gasteiger partial charge in [-0.1, -0.05) is 30.8 Å². The van der Waals surface area contributed by atoms with E-state index >= 15 is 0 Å². The van der Waals surface area contributed by atoms with Gasteiger partial charge in [-0.2, -0.15) is 0 Å². The number of benzene rings is 1. The van der Waals surface area contributed by atoms with Gasteiger partial charge in [0.25, 0.3) is 0 Å². The molecule has 0 bridgehead atoms. The molecule has 1 aliphatic rings. The van der Waals surface area contributed by atoms with E-state index in [0.717, 1.165) is 23.1 Å². The lowest BCUT2D eigenvalue weighted by molar-refractivity contribution is -0.115. The van der Waals surface area contributed by atoms with Crippen molar-refractivity contribution in [3.05, 3.63) is 35.7 Å². The van der Waals surface area contributed by atoms with E-state index in [1.54, 1.807) is 0 Å². The van der Waals surface area contributed by atoms with Crippen molar-refractivity contribution in [3.8, 4) is 0 Å². The molecule has 1 fully saturated rings. The highest BCUT2D eigenvalue weighted by atomic mass is 32.2. The van der Waals surface area contributed by atoms with Crippen LogP contribution in [-0.2, 0) is 11.2 Å². The fourth-order valence-electron chi connectivity index (χ4n) is 2.46. The quantitative estimate of drug-likeness (QED) is 0.822. The van der Waals surface area contributed by atoms with Gasteiger partial charge in [-0.25, -0.2) is 0 Å². The number of nitrogens with one attached hydrogen (secondary N) is 1. The third kappa shape index (κ3) is 3.75. The Morgan fingerprint density at radius 2 is 2.04 bits per heavy atom. The van der Waals surface area contributed by atoms with Crippen molar-refractivity contribution in [2.75, 3.05) is 5.32 Å². The molecule has 1 amide bonds. The fourth-order valence-corrected chi connectivity index (χ4v) is 3.43. The second-order valence-corrected chi connectivity index (χ2v) is 7.24. The second-order valence-electron chi connectivity index (χ2n) is 5.93. The van der Waals surface area contributed by atoms with Gasteiger partial charge < -0.3 is 9.88 Å². The van der Waals surface area contributed by atoms with E-state index in [1.807, 2.05) is 38.1 Å². The SMILES string of the molecule is CCc1ccc(NC(=O)C(C)Sc2nnc(C)n2C2CC2)cc1. The van der Waals surface area contributed by atoms with E-state index in [0.29, 0.717) is 6.04 Å². The highest BCUT2D eigenvalue weighted by molar-refractivity contribution is 8.00. The summed E-state index contributed by atoms with van der Waals surface area (Å²) in [5.41, 5.74) is 2.10. The van der Waals surface area contributed by atoms with Crippen molar-refractivity contribution in [1.29, 1.82) is 0 Å². The molecule has 5 nitrogen and oxygen atoms in total. The normalized spacial score (nSPS) is 15.4. The first-order chi connectivity index (χ1) is 11.1. The number of carbonyl (C=O) groups excluding carboxylic acids is 1. The van der Waals surface area contributed by atoms with Gasteiger partial charge in [-0.15, -0.1) is 10.2 Å². The first kappa shape index (κ1) is 16.1. The monoisotopic (exact) mass is 330 g/mol. The summed E-state index contributed by atoms with van der Waals surface area (Å²) in [5.74, 6) is 0.917. The molecule has 1 heterocycles. The zero-order valence-electron chi connectivity index (χ0n) is 13.7. The van der Waals surface area contributed by atoms with Gasteiger partial charge in [0.15, 0.2) is 5.16 Å². The van der Waals surface area contributed by atoms with Crippen LogP contribution in [0.5, 0.6) is 0 Å². The van der Waals surface area contributed by atoms with Crippen LogP contribution in [0.2, 0.25) is 0 Å². The maximum atomic E-state index is 12.4. The Morgan fingerprint density at radius 1 is 1.35 bits per heavy atom. The van der Waals surface area contributed by atoms with Crippen molar-refractivity contribution in [3.63, 3.8) is 0 Å². The number of aryl methyl sites for hydroxylation is 2. The molecule has 1 saturated carbocycles. The minimum atomic E-state index is -0.220. The van der Waals surface area contributed by atoms with Crippen LogP contribution in [0.1, 0.15) is 44.1 Å². The van der Waals surface area contributed by atoms with Gasteiger partial charge >= 0.3 is 0 Å². The number of nitrogens with zero attached hydrogens (tertiary/aromatic N) is 3. The van der Waals surface area contributed by atoms with Crippen LogP contribution in [0.25, 0.3) is 0 Å². The third-order valence-corrected chi connectivity index (χ3v) is 5.08. The standard InChI is InChI=1S/C17H22N4OS/c1-4-13-5-7-14(8-6-13)18-16(22)11(2)23-17-20-19-12(3)21(17)15-9-10-15/h5-8,11,15H,4,9-10H2,1-3H3,(H,18,22). The molecule has 1 aromatic carbocycles. The molecule has 3 rings (SSSR count). The number of rotatable bonds is 6. The summed E-state index contributed by atoms with van der Waals surface area (Å²) in [6.07, 6.45) is 3.35. The molecule has 1 aliphatic carbocycles. The Hall–Kier alpha value is -1.82. The van der Waals surface area contributed by atoms with Crippen LogP contribution in [0.15, 0.2) is 29.4 Å². The van der Waals surface area contributed by atoms with Crippen molar-refractivity contribution in [1.82, 2.24) is 14.8 Å². The molecule has 2 aromatic rings. The zero-order chi connectivity index (χ0) is 16.4. The predicted molar refractivity (Wildman–Crippen MR) is 92.8 cm³/mol. The first-order valence-electron chi connectivity index (χ1n) is 8.06. The minimum absolute atomic E-state index is 0.0118. The van der Waals surface area contributed by atoms with Crippen molar-refractivity contribution >= 4 is 23.4 Å². The Balaban J connectivity index is 1.63. The van der Waals surface area contributed by atoms with Crippen LogP contribution in [0, 0.1) is 6.92 Å². The summed E-state index contributed by atoms with van der Waals surface area (Å²) in [4.78, 5) is 12.4. The Morgan fingerprint density at radius 3 is 2.65 bits per heavy atom. The van der Waals surface area contributed by atoms with Crippen LogP contribution >= 0.6 is 11.8 Å². The van der Waals surface area contributed by atoms with Crippen LogP contribution in [-0.4, -0.2) is 25.9 Å². The van der Waals surface area contributed by atoms with E-state index in [2.05, 4.69) is 27.0 Å². The topological polar surface area (TPSA) is 59.8 Å². The number of thioether (sulfide) groups is 1. The van der Waals surface area contributed by atoms with Gasteiger partial charge in [0.1, 0.15) is 5.82 Å². The number of carbonyl (C=O) groups is 1. The first-order valence-corrected chi connectivity index (χ1v) is 8.94. The van der Waals surface area contributed by atoms with Crippen LogP contribution in [0.3, 0.4) is 0 Å². The molecule has 122 valence electrons. The van der Waals surface area contributed by atoms with Gasteiger partial charge in [0.05, 0.1) is 5.25 Å². The number of anilines is 1. The van der Waals surface area contributed by atoms with Crippen LogP contribution in [0.4, 0.5) is 5.69 Å². The van der Waals surface area contributed by atoms with E-state index in [9.17, 15) is 4.79 Å². The molecule has 0 radical (unpaired) electrons. The van der Waals surface area contributed by atoms with Gasteiger partial charge in [0.2, 0.25) is 5.91 Å². The van der Waals surface area contributed by atoms with Gasteiger partial charge in [0, 0.05) is 11.7 Å². The van der Waals surface area contributed by atoms with E-state index in [1.165, 1.54) is 30.2 Å². The third-order valence-electron chi connectivity index (χ3n) is 4.03. The molecular formula is C17H22N4OS. The molecule has 0 saturated heterocycles. The summed E-state index contributed by atoms with van der Waals surface area (Å²) in [6.45, 7) is 5.99. The van der Waals surface area contributed by atoms with E-state index in [4.69, 9.17) is 0 Å². The number of hydrogen-bond acceptors (Lipinski definition) is 4. The van der Waals surface area contributed by atoms with Crippen molar-refractivity contribution < 1.29 is 4.79 Å². The predicted octanol–water partition coefficient (Wildman–Crippen LogP) is 3.60. The number of amides is 1. The summed E-state index contributed by atoms with van der Waals surface area (Å²) in [6, 6.07) is 8.50. The van der Waals surface area contributed by atoms with E-state index in [-0.39, 0.29) is 11.2 Å². The Bertz CT molecular complexity index is 691. The molecule has 1 unspecified atom stereocenters. The average molecular weight is 330 g/mol. The largest absolute Gasteiger partial charge is 0.325 e. The lowest BCUT2D eigenvalue weighted by Crippen LogP contribution is -2.23. The number of aromatic nitrogens is 3. The molecule has 23 heavy (non-hydrogen) atoms. The summed E-state index contributed by atoms with van der Waals surface area (Å²) in [7, 11) is 0.